The highest BCUT2D eigenvalue weighted by Crippen LogP contribution is 2.36. The van der Waals surface area contributed by atoms with Crippen LogP contribution in [0.25, 0.3) is 0 Å². The summed E-state index contributed by atoms with van der Waals surface area (Å²) >= 11 is 0. The summed E-state index contributed by atoms with van der Waals surface area (Å²) in [4.78, 5) is 15.3. The zero-order valence-corrected chi connectivity index (χ0v) is 13.4. The van der Waals surface area contributed by atoms with Gasteiger partial charge < -0.3 is 10.2 Å². The number of hydrogen-bond acceptors (Lipinski definition) is 2. The molecule has 4 atom stereocenters. The van der Waals surface area contributed by atoms with Crippen LogP contribution in [-0.4, -0.2) is 24.0 Å². The summed E-state index contributed by atoms with van der Waals surface area (Å²) in [5.41, 5.74) is 2.47. The molecule has 1 aromatic carbocycles. The van der Waals surface area contributed by atoms with E-state index in [1.54, 1.807) is 0 Å². The Kier molecular flexibility index (Phi) is 3.69. The lowest BCUT2D eigenvalue weighted by molar-refractivity contribution is -0.120. The maximum absolute atomic E-state index is 13.2. The smallest absolute Gasteiger partial charge is 0.244 e. The number of benzene rings is 1. The van der Waals surface area contributed by atoms with Crippen molar-refractivity contribution in [1.29, 1.82) is 0 Å². The first-order chi connectivity index (χ1) is 10.7. The number of nitrogens with zero attached hydrogens (tertiary/aromatic N) is 1. The average molecular weight is 298 g/mol. The largest absolute Gasteiger partial charge is 0.308 e. The minimum atomic E-state index is 0.0294. The fraction of sp³-hybridized carbons (Fsp3) is 0.632. The van der Waals surface area contributed by atoms with Crippen LogP contribution in [0.4, 0.5) is 5.69 Å². The van der Waals surface area contributed by atoms with Gasteiger partial charge in [0.15, 0.2) is 0 Å². The van der Waals surface area contributed by atoms with Crippen molar-refractivity contribution in [2.45, 2.75) is 70.0 Å². The molecule has 0 aromatic heterocycles. The molecular formula is C19H26N2O. The van der Waals surface area contributed by atoms with Gasteiger partial charge in [-0.2, -0.15) is 0 Å². The first-order valence-electron chi connectivity index (χ1n) is 8.91. The second-order valence-corrected chi connectivity index (χ2v) is 7.33. The number of fused-ring (bicyclic) bond motifs is 2. The van der Waals surface area contributed by atoms with Crippen molar-refractivity contribution in [3.05, 3.63) is 29.8 Å². The summed E-state index contributed by atoms with van der Waals surface area (Å²) in [6.07, 6.45) is 8.40. The van der Waals surface area contributed by atoms with Crippen LogP contribution >= 0.6 is 0 Å². The highest BCUT2D eigenvalue weighted by Gasteiger charge is 2.41. The molecule has 118 valence electrons. The Morgan fingerprint density at radius 2 is 2.00 bits per heavy atom. The van der Waals surface area contributed by atoms with Gasteiger partial charge in [0.05, 0.1) is 6.04 Å². The Balaban J connectivity index is 1.57. The highest BCUT2D eigenvalue weighted by molar-refractivity contribution is 5.99. The van der Waals surface area contributed by atoms with Crippen molar-refractivity contribution >= 4 is 11.6 Å². The van der Waals surface area contributed by atoms with Crippen molar-refractivity contribution in [3.63, 3.8) is 0 Å². The van der Waals surface area contributed by atoms with E-state index in [1.165, 1.54) is 31.2 Å². The van der Waals surface area contributed by atoms with E-state index in [1.807, 2.05) is 0 Å². The van der Waals surface area contributed by atoms with Gasteiger partial charge in [-0.1, -0.05) is 31.0 Å². The summed E-state index contributed by atoms with van der Waals surface area (Å²) in [6, 6.07) is 9.35. The van der Waals surface area contributed by atoms with E-state index in [0.29, 0.717) is 18.0 Å². The van der Waals surface area contributed by atoms with Gasteiger partial charge in [0.2, 0.25) is 5.91 Å². The molecule has 1 saturated heterocycles. The Morgan fingerprint density at radius 1 is 1.18 bits per heavy atom. The normalized spacial score (nSPS) is 34.1. The van der Waals surface area contributed by atoms with E-state index in [9.17, 15) is 4.79 Å². The molecule has 1 amide bonds. The molecule has 1 aromatic rings. The molecule has 0 radical (unpaired) electrons. The van der Waals surface area contributed by atoms with Crippen LogP contribution in [0.15, 0.2) is 24.3 Å². The van der Waals surface area contributed by atoms with Crippen molar-refractivity contribution < 1.29 is 4.79 Å². The fourth-order valence-electron chi connectivity index (χ4n) is 4.70. The Hall–Kier alpha value is -1.35. The minimum Gasteiger partial charge on any atom is -0.308 e. The van der Waals surface area contributed by atoms with Crippen molar-refractivity contribution in [3.8, 4) is 0 Å². The van der Waals surface area contributed by atoms with Gasteiger partial charge in [-0.25, -0.2) is 0 Å². The van der Waals surface area contributed by atoms with Gasteiger partial charge in [-0.15, -0.1) is 0 Å². The molecule has 3 aliphatic rings. The average Bonchev–Trinajstić information content (AvgIpc) is 2.98. The lowest BCUT2D eigenvalue weighted by Crippen LogP contribution is -2.50. The number of carbonyl (C=O) groups is 1. The van der Waals surface area contributed by atoms with Crippen LogP contribution in [0.2, 0.25) is 0 Å². The summed E-state index contributed by atoms with van der Waals surface area (Å²) in [6.45, 7) is 2.19. The number of rotatable bonds is 1. The van der Waals surface area contributed by atoms with E-state index in [4.69, 9.17) is 0 Å². The maximum atomic E-state index is 13.2. The van der Waals surface area contributed by atoms with Gasteiger partial charge in [-0.05, 0) is 56.6 Å². The fourth-order valence-corrected chi connectivity index (χ4v) is 4.70. The van der Waals surface area contributed by atoms with Crippen LogP contribution in [0, 0.1) is 5.92 Å². The molecule has 1 aliphatic carbocycles. The lowest BCUT2D eigenvalue weighted by Gasteiger charge is -2.37. The van der Waals surface area contributed by atoms with E-state index < -0.39 is 0 Å². The summed E-state index contributed by atoms with van der Waals surface area (Å²) in [5.74, 6) is 1.02. The number of amides is 1. The summed E-state index contributed by atoms with van der Waals surface area (Å²) in [5, 5.41) is 3.65. The lowest BCUT2D eigenvalue weighted by atomic mass is 9.85. The number of hydrogen-bond donors (Lipinski definition) is 1. The first kappa shape index (κ1) is 14.3. The van der Waals surface area contributed by atoms with Crippen LogP contribution in [0.5, 0.6) is 0 Å². The van der Waals surface area contributed by atoms with Crippen LogP contribution in [0.3, 0.4) is 0 Å². The molecule has 3 heteroatoms. The molecule has 2 heterocycles. The molecule has 4 rings (SSSR count). The van der Waals surface area contributed by atoms with E-state index in [-0.39, 0.29) is 6.04 Å². The highest BCUT2D eigenvalue weighted by atomic mass is 16.2. The molecular weight excluding hydrogens is 272 g/mol. The van der Waals surface area contributed by atoms with Gasteiger partial charge in [0.1, 0.15) is 0 Å². The molecule has 0 spiro atoms. The number of carbonyl (C=O) groups excluding carboxylic acids is 1. The zero-order valence-electron chi connectivity index (χ0n) is 13.4. The second-order valence-electron chi connectivity index (χ2n) is 7.33. The molecule has 2 fully saturated rings. The number of para-hydroxylation sites is 1. The Labute approximate surface area is 133 Å². The van der Waals surface area contributed by atoms with Crippen molar-refractivity contribution in [1.82, 2.24) is 5.32 Å². The third-order valence-electron chi connectivity index (χ3n) is 5.92. The summed E-state index contributed by atoms with van der Waals surface area (Å²) in [7, 11) is 0. The monoisotopic (exact) mass is 298 g/mol. The molecule has 1 saturated carbocycles. The second kappa shape index (κ2) is 5.69. The van der Waals surface area contributed by atoms with Gasteiger partial charge in [-0.3, -0.25) is 4.79 Å². The minimum absolute atomic E-state index is 0.0294. The standard InChI is InChI=1S/C19H26N2O/c1-13-10-11-14-6-3-5-9-18(14)21(13)19(22)17-12-15-7-2-4-8-16(15)20-17/h3,5-6,9,13,15-17,20H,2,4,7-8,10-12H2,1H3. The van der Waals surface area contributed by atoms with E-state index in [0.717, 1.165) is 30.9 Å². The third-order valence-corrected chi connectivity index (χ3v) is 5.92. The predicted molar refractivity (Wildman–Crippen MR) is 89.0 cm³/mol. The summed E-state index contributed by atoms with van der Waals surface area (Å²) < 4.78 is 0. The first-order valence-corrected chi connectivity index (χ1v) is 8.91. The molecule has 2 aliphatic heterocycles. The van der Waals surface area contributed by atoms with Crippen LogP contribution in [0.1, 0.15) is 51.0 Å². The molecule has 22 heavy (non-hydrogen) atoms. The van der Waals surface area contributed by atoms with Crippen molar-refractivity contribution in [2.75, 3.05) is 4.90 Å². The number of nitrogens with one attached hydrogen (secondary N) is 1. The molecule has 3 nitrogen and oxygen atoms in total. The van der Waals surface area contributed by atoms with Crippen molar-refractivity contribution in [2.24, 2.45) is 5.92 Å². The Morgan fingerprint density at radius 3 is 2.86 bits per heavy atom. The van der Waals surface area contributed by atoms with E-state index >= 15 is 0 Å². The maximum Gasteiger partial charge on any atom is 0.244 e. The number of aryl methyl sites for hydroxylation is 1. The number of anilines is 1. The molecule has 0 bridgehead atoms. The van der Waals surface area contributed by atoms with Gasteiger partial charge in [0, 0.05) is 17.8 Å². The molecule has 4 unspecified atom stereocenters. The zero-order chi connectivity index (χ0) is 15.1. The van der Waals surface area contributed by atoms with Crippen LogP contribution < -0.4 is 10.2 Å². The molecule has 1 N–H and O–H groups in total. The van der Waals surface area contributed by atoms with Gasteiger partial charge >= 0.3 is 0 Å². The third kappa shape index (κ3) is 2.36. The van der Waals surface area contributed by atoms with Crippen LogP contribution in [-0.2, 0) is 11.2 Å². The SMILES string of the molecule is CC1CCc2ccccc2N1C(=O)C1CC2CCCCC2N1. The van der Waals surface area contributed by atoms with Gasteiger partial charge in [0.25, 0.3) is 0 Å². The quantitative estimate of drug-likeness (QED) is 0.863. The predicted octanol–water partition coefficient (Wildman–Crippen LogP) is 3.28. The topological polar surface area (TPSA) is 32.3 Å². The van der Waals surface area contributed by atoms with E-state index in [2.05, 4.69) is 41.4 Å². The Bertz CT molecular complexity index is 556.